The van der Waals surface area contributed by atoms with Gasteiger partial charge in [-0.05, 0) is 38.7 Å². The van der Waals surface area contributed by atoms with Gasteiger partial charge >= 0.3 is 0 Å². The number of aryl methyl sites for hydroxylation is 1. The summed E-state index contributed by atoms with van der Waals surface area (Å²) >= 11 is 0. The largest absolute Gasteiger partial charge is 0.475 e. The number of pyridine rings is 1. The SMILES string of the molecule is CCC(C)Oc1cc(C(=O)NC2(c3noc(C)n3)CCC2)ccn1. The molecule has 1 unspecified atom stereocenters. The van der Waals surface area contributed by atoms with Crippen LogP contribution < -0.4 is 10.1 Å². The van der Waals surface area contributed by atoms with Gasteiger partial charge in [-0.25, -0.2) is 4.98 Å². The number of amides is 1. The maximum absolute atomic E-state index is 12.7. The number of carbonyl (C=O) groups excluding carboxylic acids is 1. The molecule has 2 aromatic heterocycles. The topological polar surface area (TPSA) is 90.1 Å². The summed E-state index contributed by atoms with van der Waals surface area (Å²) in [6.07, 6.45) is 5.14. The number of carbonyl (C=O) groups is 1. The third kappa shape index (κ3) is 3.25. The molecule has 0 aliphatic heterocycles. The minimum absolute atomic E-state index is 0.0519. The predicted octanol–water partition coefficient (Wildman–Crippen LogP) is 2.76. The van der Waals surface area contributed by atoms with E-state index in [0.29, 0.717) is 23.2 Å². The Labute approximate surface area is 140 Å². The van der Waals surface area contributed by atoms with Crippen LogP contribution >= 0.6 is 0 Å². The minimum atomic E-state index is -0.532. The van der Waals surface area contributed by atoms with Crippen LogP contribution in [0.3, 0.4) is 0 Å². The van der Waals surface area contributed by atoms with E-state index in [1.165, 1.54) is 0 Å². The molecule has 1 fully saturated rings. The second kappa shape index (κ2) is 6.59. The lowest BCUT2D eigenvalue weighted by Gasteiger charge is -2.39. The van der Waals surface area contributed by atoms with Crippen LogP contribution in [-0.4, -0.2) is 27.1 Å². The molecule has 1 amide bonds. The summed E-state index contributed by atoms with van der Waals surface area (Å²) in [5, 5.41) is 7.05. The van der Waals surface area contributed by atoms with Crippen molar-refractivity contribution in [1.82, 2.24) is 20.4 Å². The van der Waals surface area contributed by atoms with Crippen LogP contribution in [0, 0.1) is 6.92 Å². The normalized spacial score (nSPS) is 17.0. The van der Waals surface area contributed by atoms with E-state index < -0.39 is 5.54 Å². The first-order valence-corrected chi connectivity index (χ1v) is 8.28. The van der Waals surface area contributed by atoms with Gasteiger partial charge in [-0.2, -0.15) is 4.98 Å². The van der Waals surface area contributed by atoms with Crippen LogP contribution in [0.5, 0.6) is 5.88 Å². The summed E-state index contributed by atoms with van der Waals surface area (Å²) in [5.41, 5.74) is -0.0228. The zero-order valence-corrected chi connectivity index (χ0v) is 14.2. The molecule has 2 heterocycles. The number of ether oxygens (including phenoxy) is 1. The highest BCUT2D eigenvalue weighted by Gasteiger charge is 2.44. The molecule has 1 aliphatic rings. The van der Waals surface area contributed by atoms with E-state index in [-0.39, 0.29) is 12.0 Å². The average molecular weight is 330 g/mol. The van der Waals surface area contributed by atoms with Crippen molar-refractivity contribution < 1.29 is 14.1 Å². The molecule has 3 rings (SSSR count). The van der Waals surface area contributed by atoms with E-state index in [0.717, 1.165) is 25.7 Å². The van der Waals surface area contributed by atoms with Crippen LogP contribution in [0.25, 0.3) is 0 Å². The fraction of sp³-hybridized carbons (Fsp3) is 0.529. The van der Waals surface area contributed by atoms with Crippen molar-refractivity contribution in [3.63, 3.8) is 0 Å². The lowest BCUT2D eigenvalue weighted by molar-refractivity contribution is 0.0803. The average Bonchev–Trinajstić information content (AvgIpc) is 2.97. The molecule has 1 atom stereocenters. The van der Waals surface area contributed by atoms with Crippen molar-refractivity contribution in [2.75, 3.05) is 0 Å². The summed E-state index contributed by atoms with van der Waals surface area (Å²) in [6.45, 7) is 5.75. The number of nitrogens with zero attached hydrogens (tertiary/aromatic N) is 3. The monoisotopic (exact) mass is 330 g/mol. The highest BCUT2D eigenvalue weighted by molar-refractivity contribution is 5.95. The van der Waals surface area contributed by atoms with E-state index in [1.54, 1.807) is 25.3 Å². The molecule has 1 N–H and O–H groups in total. The van der Waals surface area contributed by atoms with Crippen molar-refractivity contribution in [1.29, 1.82) is 0 Å². The van der Waals surface area contributed by atoms with Gasteiger partial charge in [0.15, 0.2) is 5.82 Å². The Morgan fingerprint density at radius 3 is 2.88 bits per heavy atom. The summed E-state index contributed by atoms with van der Waals surface area (Å²) < 4.78 is 10.7. The molecule has 7 nitrogen and oxygen atoms in total. The number of hydrogen-bond donors (Lipinski definition) is 1. The molecule has 0 radical (unpaired) electrons. The van der Waals surface area contributed by atoms with Gasteiger partial charge in [0.25, 0.3) is 5.91 Å². The molecule has 1 aliphatic carbocycles. The molecule has 7 heteroatoms. The summed E-state index contributed by atoms with van der Waals surface area (Å²) in [7, 11) is 0. The van der Waals surface area contributed by atoms with E-state index >= 15 is 0 Å². The lowest BCUT2D eigenvalue weighted by Crippen LogP contribution is -2.51. The summed E-state index contributed by atoms with van der Waals surface area (Å²) in [4.78, 5) is 21.1. The Morgan fingerprint density at radius 2 is 2.29 bits per heavy atom. The van der Waals surface area contributed by atoms with Gasteiger partial charge in [-0.1, -0.05) is 12.1 Å². The highest BCUT2D eigenvalue weighted by Crippen LogP contribution is 2.40. The van der Waals surface area contributed by atoms with E-state index in [2.05, 4.69) is 20.4 Å². The van der Waals surface area contributed by atoms with Gasteiger partial charge in [-0.3, -0.25) is 4.79 Å². The summed E-state index contributed by atoms with van der Waals surface area (Å²) in [6, 6.07) is 3.34. The molecule has 24 heavy (non-hydrogen) atoms. The van der Waals surface area contributed by atoms with Gasteiger partial charge < -0.3 is 14.6 Å². The molecule has 2 aromatic rings. The molecule has 0 aromatic carbocycles. The Balaban J connectivity index is 1.76. The Hall–Kier alpha value is -2.44. The fourth-order valence-electron chi connectivity index (χ4n) is 2.62. The maximum atomic E-state index is 12.7. The van der Waals surface area contributed by atoms with E-state index in [9.17, 15) is 4.79 Å². The van der Waals surface area contributed by atoms with Crippen LogP contribution in [-0.2, 0) is 5.54 Å². The van der Waals surface area contributed by atoms with E-state index in [4.69, 9.17) is 9.26 Å². The lowest BCUT2D eigenvalue weighted by atomic mass is 9.76. The van der Waals surface area contributed by atoms with Gasteiger partial charge in [0, 0.05) is 24.8 Å². The minimum Gasteiger partial charge on any atom is -0.475 e. The molecule has 0 saturated heterocycles. The zero-order chi connectivity index (χ0) is 17.2. The van der Waals surface area contributed by atoms with Crippen LogP contribution in [0.2, 0.25) is 0 Å². The van der Waals surface area contributed by atoms with Crippen LogP contribution in [0.4, 0.5) is 0 Å². The van der Waals surface area contributed by atoms with Crippen molar-refractivity contribution in [2.45, 2.75) is 58.1 Å². The van der Waals surface area contributed by atoms with Crippen molar-refractivity contribution in [3.05, 3.63) is 35.6 Å². The first kappa shape index (κ1) is 16.4. The second-order valence-corrected chi connectivity index (χ2v) is 6.25. The van der Waals surface area contributed by atoms with Gasteiger partial charge in [0.05, 0.1) is 6.10 Å². The highest BCUT2D eigenvalue weighted by atomic mass is 16.5. The Kier molecular flexibility index (Phi) is 4.51. The van der Waals surface area contributed by atoms with Gasteiger partial charge in [0.2, 0.25) is 11.8 Å². The van der Waals surface area contributed by atoms with E-state index in [1.807, 2.05) is 13.8 Å². The number of rotatable bonds is 6. The number of hydrogen-bond acceptors (Lipinski definition) is 6. The third-order valence-corrected chi connectivity index (χ3v) is 4.41. The van der Waals surface area contributed by atoms with Crippen molar-refractivity contribution >= 4 is 5.91 Å². The van der Waals surface area contributed by atoms with Crippen LogP contribution in [0.1, 0.15) is 61.6 Å². The third-order valence-electron chi connectivity index (χ3n) is 4.41. The van der Waals surface area contributed by atoms with Gasteiger partial charge in [0.1, 0.15) is 5.54 Å². The predicted molar refractivity (Wildman–Crippen MR) is 86.6 cm³/mol. The summed E-state index contributed by atoms with van der Waals surface area (Å²) in [5.74, 6) is 1.31. The fourth-order valence-corrected chi connectivity index (χ4v) is 2.62. The molecule has 128 valence electrons. The first-order valence-electron chi connectivity index (χ1n) is 8.28. The molecule has 0 spiro atoms. The quantitative estimate of drug-likeness (QED) is 0.876. The standard InChI is InChI=1S/C17H22N4O3/c1-4-11(2)23-14-10-13(6-9-18-14)15(22)20-17(7-5-8-17)16-19-12(3)24-21-16/h6,9-11H,4-5,7-8H2,1-3H3,(H,20,22). The molecular weight excluding hydrogens is 308 g/mol. The Morgan fingerprint density at radius 1 is 1.50 bits per heavy atom. The van der Waals surface area contributed by atoms with Gasteiger partial charge in [-0.15, -0.1) is 0 Å². The van der Waals surface area contributed by atoms with Crippen molar-refractivity contribution in [3.8, 4) is 5.88 Å². The molecule has 1 saturated carbocycles. The molecular formula is C17H22N4O3. The molecule has 0 bridgehead atoms. The zero-order valence-electron chi connectivity index (χ0n) is 14.2. The van der Waals surface area contributed by atoms with Crippen LogP contribution in [0.15, 0.2) is 22.9 Å². The Bertz CT molecular complexity index is 724. The van der Waals surface area contributed by atoms with Crippen molar-refractivity contribution in [2.24, 2.45) is 0 Å². The number of nitrogens with one attached hydrogen (secondary N) is 1. The second-order valence-electron chi connectivity index (χ2n) is 6.25. The number of aromatic nitrogens is 3. The maximum Gasteiger partial charge on any atom is 0.252 e. The smallest absolute Gasteiger partial charge is 0.252 e. The first-order chi connectivity index (χ1) is 11.5.